The number of aryl methyl sites for hydroxylation is 1. The number of benzene rings is 1. The van der Waals surface area contributed by atoms with Gasteiger partial charge in [-0.15, -0.1) is 0 Å². The van der Waals surface area contributed by atoms with Crippen LogP contribution in [0.3, 0.4) is 0 Å². The number of rotatable bonds is 3. The van der Waals surface area contributed by atoms with E-state index in [-0.39, 0.29) is 34.7 Å². The summed E-state index contributed by atoms with van der Waals surface area (Å²) in [6, 6.07) is 6.09. The molecule has 1 aromatic carbocycles. The van der Waals surface area contributed by atoms with Crippen molar-refractivity contribution in [2.24, 2.45) is 0 Å². The van der Waals surface area contributed by atoms with Gasteiger partial charge >= 0.3 is 12.3 Å². The average molecular weight is 497 g/mol. The monoisotopic (exact) mass is 496 g/mol. The molecule has 34 heavy (non-hydrogen) atoms. The zero-order valence-electron chi connectivity index (χ0n) is 18.6. The van der Waals surface area contributed by atoms with Crippen LogP contribution < -0.4 is 4.90 Å². The van der Waals surface area contributed by atoms with Gasteiger partial charge in [0.05, 0.1) is 21.4 Å². The molecule has 2 unspecified atom stereocenters. The molecule has 1 N–H and O–H groups in total. The van der Waals surface area contributed by atoms with Gasteiger partial charge in [0.25, 0.3) is 10.0 Å². The molecule has 1 aliphatic heterocycles. The third kappa shape index (κ3) is 3.95. The van der Waals surface area contributed by atoms with Crippen LogP contribution in [0.2, 0.25) is 0 Å². The standard InChI is InChI=1S/C22H23F3N4O4S/c1-13-4-6-16(7-5-13)34(32,33)29-12-17(22(23,24)25)19-18(29)8-9-26-20(19)27-10-15(3)28(21(30)31)11-14(27)2/h4-9,12,14-15H,10-11H2,1-3H3,(H,30,31). The highest BCUT2D eigenvalue weighted by Gasteiger charge is 2.40. The second-order valence-corrected chi connectivity index (χ2v) is 10.3. The highest BCUT2D eigenvalue weighted by atomic mass is 32.2. The maximum absolute atomic E-state index is 14.1. The summed E-state index contributed by atoms with van der Waals surface area (Å²) in [7, 11) is -4.33. The van der Waals surface area contributed by atoms with Crippen molar-refractivity contribution in [1.29, 1.82) is 0 Å². The van der Waals surface area contributed by atoms with Crippen LogP contribution in [0.1, 0.15) is 25.0 Å². The van der Waals surface area contributed by atoms with Crippen LogP contribution in [-0.4, -0.2) is 58.6 Å². The number of fused-ring (bicyclic) bond motifs is 1. The number of pyridine rings is 1. The number of carboxylic acid groups (broad SMARTS) is 1. The molecular weight excluding hydrogens is 473 g/mol. The van der Waals surface area contributed by atoms with Crippen molar-refractivity contribution in [2.45, 2.75) is 43.9 Å². The fourth-order valence-corrected chi connectivity index (χ4v) is 5.64. The van der Waals surface area contributed by atoms with Crippen molar-refractivity contribution in [2.75, 3.05) is 18.0 Å². The first kappa shape index (κ1) is 23.9. The van der Waals surface area contributed by atoms with E-state index in [9.17, 15) is 31.5 Å². The molecule has 2 atom stereocenters. The highest BCUT2D eigenvalue weighted by Crippen LogP contribution is 2.42. The summed E-state index contributed by atoms with van der Waals surface area (Å²) in [5, 5.41) is 9.06. The molecule has 1 amide bonds. The molecule has 0 saturated carbocycles. The van der Waals surface area contributed by atoms with Crippen LogP contribution in [0, 0.1) is 6.92 Å². The molecule has 3 aromatic rings. The minimum Gasteiger partial charge on any atom is -0.465 e. The van der Waals surface area contributed by atoms with Crippen molar-refractivity contribution in [3.05, 3.63) is 53.9 Å². The molecular formula is C22H23F3N4O4S. The SMILES string of the molecule is Cc1ccc(S(=O)(=O)n2cc(C(F)(F)F)c3c(N4CC(C)N(C(=O)O)CC4C)nccc32)cc1. The van der Waals surface area contributed by atoms with Gasteiger partial charge in [-0.1, -0.05) is 17.7 Å². The fraction of sp³-hybridized carbons (Fsp3) is 0.364. The van der Waals surface area contributed by atoms with E-state index in [2.05, 4.69) is 4.98 Å². The maximum atomic E-state index is 14.1. The third-order valence-corrected chi connectivity index (χ3v) is 7.74. The Kier molecular flexibility index (Phi) is 5.75. The molecule has 0 radical (unpaired) electrons. The second kappa shape index (κ2) is 8.19. The first-order chi connectivity index (χ1) is 15.8. The summed E-state index contributed by atoms with van der Waals surface area (Å²) < 4.78 is 69.6. The molecule has 182 valence electrons. The number of anilines is 1. The van der Waals surface area contributed by atoms with E-state index < -0.39 is 39.9 Å². The quantitative estimate of drug-likeness (QED) is 0.585. The van der Waals surface area contributed by atoms with Gasteiger partial charge in [-0.05, 0) is 39.0 Å². The van der Waals surface area contributed by atoms with E-state index in [1.165, 1.54) is 29.3 Å². The lowest BCUT2D eigenvalue weighted by Gasteiger charge is -2.43. The fourth-order valence-electron chi connectivity index (χ4n) is 4.28. The zero-order valence-corrected chi connectivity index (χ0v) is 19.4. The van der Waals surface area contributed by atoms with Crippen LogP contribution in [0.5, 0.6) is 0 Å². The number of hydrogen-bond acceptors (Lipinski definition) is 5. The number of piperazine rings is 1. The summed E-state index contributed by atoms with van der Waals surface area (Å²) in [5.41, 5.74) is -0.470. The Morgan fingerprint density at radius 3 is 2.32 bits per heavy atom. The minimum atomic E-state index is -4.85. The topological polar surface area (TPSA) is 95.7 Å². The van der Waals surface area contributed by atoms with Gasteiger partial charge in [0.2, 0.25) is 0 Å². The normalized spacial score (nSPS) is 19.6. The molecule has 12 heteroatoms. The second-order valence-electron chi connectivity index (χ2n) is 8.47. The van der Waals surface area contributed by atoms with Gasteiger partial charge in [-0.2, -0.15) is 13.2 Å². The Hall–Kier alpha value is -3.28. The number of hydrogen-bond donors (Lipinski definition) is 1. The minimum absolute atomic E-state index is 0.0351. The van der Waals surface area contributed by atoms with Crippen LogP contribution in [0.4, 0.5) is 23.8 Å². The van der Waals surface area contributed by atoms with E-state index in [0.717, 1.165) is 5.56 Å². The van der Waals surface area contributed by atoms with Crippen LogP contribution >= 0.6 is 0 Å². The number of halogens is 3. The predicted molar refractivity (Wildman–Crippen MR) is 119 cm³/mol. The molecule has 1 fully saturated rings. The Morgan fingerprint density at radius 2 is 1.74 bits per heavy atom. The highest BCUT2D eigenvalue weighted by molar-refractivity contribution is 7.90. The van der Waals surface area contributed by atoms with Gasteiger partial charge in [-0.3, -0.25) is 0 Å². The van der Waals surface area contributed by atoms with E-state index in [4.69, 9.17) is 0 Å². The Bertz CT molecular complexity index is 1350. The molecule has 1 aliphatic rings. The first-order valence-electron chi connectivity index (χ1n) is 10.5. The molecule has 0 spiro atoms. The van der Waals surface area contributed by atoms with Gasteiger partial charge < -0.3 is 14.9 Å². The van der Waals surface area contributed by atoms with Crippen LogP contribution in [-0.2, 0) is 16.2 Å². The summed E-state index contributed by atoms with van der Waals surface area (Å²) in [6.07, 6.45) is -4.11. The largest absolute Gasteiger partial charge is 0.465 e. The number of nitrogens with zero attached hydrogens (tertiary/aromatic N) is 4. The molecule has 0 aliphatic carbocycles. The van der Waals surface area contributed by atoms with Gasteiger partial charge in [-0.25, -0.2) is 22.2 Å². The summed E-state index contributed by atoms with van der Waals surface area (Å²) in [6.45, 7) is 5.29. The van der Waals surface area contributed by atoms with Crippen molar-refractivity contribution in [3.8, 4) is 0 Å². The van der Waals surface area contributed by atoms with Crippen molar-refractivity contribution in [1.82, 2.24) is 13.9 Å². The van der Waals surface area contributed by atoms with Crippen molar-refractivity contribution >= 4 is 32.8 Å². The molecule has 1 saturated heterocycles. The summed E-state index contributed by atoms with van der Waals surface area (Å²) >= 11 is 0. The summed E-state index contributed by atoms with van der Waals surface area (Å²) in [5.74, 6) is -0.0351. The Morgan fingerprint density at radius 1 is 1.09 bits per heavy atom. The average Bonchev–Trinajstić information content (AvgIpc) is 3.16. The van der Waals surface area contributed by atoms with E-state index >= 15 is 0 Å². The van der Waals surface area contributed by atoms with Crippen LogP contribution in [0.25, 0.3) is 10.9 Å². The molecule has 3 heterocycles. The van der Waals surface area contributed by atoms with E-state index in [1.54, 1.807) is 37.8 Å². The smallest absolute Gasteiger partial charge is 0.418 e. The molecule has 4 rings (SSSR count). The third-order valence-electron chi connectivity index (χ3n) is 6.05. The Labute approximate surface area is 194 Å². The van der Waals surface area contributed by atoms with Crippen LogP contribution in [0.15, 0.2) is 47.6 Å². The lowest BCUT2D eigenvalue weighted by molar-refractivity contribution is -0.136. The number of amides is 1. The van der Waals surface area contributed by atoms with Gasteiger partial charge in [0.15, 0.2) is 0 Å². The maximum Gasteiger partial charge on any atom is 0.418 e. The lowest BCUT2D eigenvalue weighted by atomic mass is 10.1. The zero-order chi connectivity index (χ0) is 25.0. The number of carbonyl (C=O) groups is 1. The lowest BCUT2D eigenvalue weighted by Crippen LogP contribution is -2.58. The number of alkyl halides is 3. The predicted octanol–water partition coefficient (Wildman–Crippen LogP) is 4.18. The molecule has 8 nitrogen and oxygen atoms in total. The molecule has 2 aromatic heterocycles. The number of aromatic nitrogens is 2. The van der Waals surface area contributed by atoms with Crippen molar-refractivity contribution < 1.29 is 31.5 Å². The van der Waals surface area contributed by atoms with Crippen molar-refractivity contribution in [3.63, 3.8) is 0 Å². The summed E-state index contributed by atoms with van der Waals surface area (Å²) in [4.78, 5) is 18.4. The van der Waals surface area contributed by atoms with E-state index in [0.29, 0.717) is 10.2 Å². The first-order valence-corrected chi connectivity index (χ1v) is 11.9. The Balaban J connectivity index is 1.93. The van der Waals surface area contributed by atoms with E-state index in [1.807, 2.05) is 0 Å². The molecule has 0 bridgehead atoms. The van der Waals surface area contributed by atoms with Gasteiger partial charge in [0, 0.05) is 37.6 Å². The van der Waals surface area contributed by atoms with Gasteiger partial charge in [0.1, 0.15) is 5.82 Å².